The maximum absolute atomic E-state index is 12.3. The lowest BCUT2D eigenvalue weighted by atomic mass is 9.97. The molecule has 0 aliphatic carbocycles. The smallest absolute Gasteiger partial charge is 0.356 e. The number of nitrogens with one attached hydrogen (secondary N) is 2. The van der Waals surface area contributed by atoms with Crippen molar-refractivity contribution in [2.45, 2.75) is 25.4 Å². The zero-order chi connectivity index (χ0) is 14.6. The summed E-state index contributed by atoms with van der Waals surface area (Å²) in [6, 6.07) is 0. The number of alkyl halides is 3. The summed E-state index contributed by atoms with van der Waals surface area (Å²) >= 11 is 0. The van der Waals surface area contributed by atoms with Gasteiger partial charge in [0.15, 0.2) is 0 Å². The van der Waals surface area contributed by atoms with E-state index < -0.39 is 12.7 Å². The topological polar surface area (TPSA) is 44.4 Å². The van der Waals surface area contributed by atoms with E-state index in [0.717, 1.165) is 32.4 Å². The second-order valence-corrected chi connectivity index (χ2v) is 5.77. The van der Waals surface area contributed by atoms with Gasteiger partial charge in [0.2, 0.25) is 5.91 Å². The van der Waals surface area contributed by atoms with Crippen molar-refractivity contribution >= 4 is 5.91 Å². The molecule has 4 nitrogen and oxygen atoms in total. The van der Waals surface area contributed by atoms with Crippen LogP contribution in [0.25, 0.3) is 0 Å². The van der Waals surface area contributed by atoms with Crippen molar-refractivity contribution in [1.82, 2.24) is 15.5 Å². The predicted molar refractivity (Wildman–Crippen MR) is 69.2 cm³/mol. The zero-order valence-corrected chi connectivity index (χ0v) is 11.5. The van der Waals surface area contributed by atoms with Crippen molar-refractivity contribution in [3.63, 3.8) is 0 Å². The van der Waals surface area contributed by atoms with Gasteiger partial charge in [-0.25, -0.2) is 0 Å². The first-order valence-corrected chi connectivity index (χ1v) is 7.21. The molecule has 0 bridgehead atoms. The molecule has 1 amide bonds. The number of likely N-dealkylation sites (tertiary alicyclic amines) is 1. The molecule has 2 aliphatic rings. The maximum atomic E-state index is 12.3. The van der Waals surface area contributed by atoms with E-state index in [1.807, 2.05) is 0 Å². The van der Waals surface area contributed by atoms with Crippen LogP contribution < -0.4 is 10.6 Å². The number of nitrogens with zero attached hydrogens (tertiary/aromatic N) is 1. The third kappa shape index (κ3) is 4.94. The van der Waals surface area contributed by atoms with E-state index in [2.05, 4.69) is 10.6 Å². The number of hydrogen-bond acceptors (Lipinski definition) is 3. The molecule has 0 radical (unpaired) electrons. The number of amides is 1. The first-order chi connectivity index (χ1) is 9.44. The molecular weight excluding hydrogens is 271 g/mol. The number of piperidine rings is 1. The molecule has 0 aromatic rings. The Kier molecular flexibility index (Phi) is 5.26. The largest absolute Gasteiger partial charge is 0.401 e. The molecule has 116 valence electrons. The van der Waals surface area contributed by atoms with Gasteiger partial charge in [0.25, 0.3) is 0 Å². The predicted octanol–water partition coefficient (Wildman–Crippen LogP) is 0.986. The standard InChI is InChI=1S/C13H22F3N3O/c14-13(15,16)9-19-6-3-10(8-19)7-18-12(20)11-1-4-17-5-2-11/h10-11,17H,1-9H2,(H,18,20). The maximum Gasteiger partial charge on any atom is 0.401 e. The molecule has 1 atom stereocenters. The Labute approximate surface area is 117 Å². The summed E-state index contributed by atoms with van der Waals surface area (Å²) in [6.45, 7) is 2.27. The van der Waals surface area contributed by atoms with Crippen molar-refractivity contribution in [2.24, 2.45) is 11.8 Å². The monoisotopic (exact) mass is 293 g/mol. The SMILES string of the molecule is O=C(NCC1CCN(CC(F)(F)F)C1)C1CCNCC1. The van der Waals surface area contributed by atoms with Gasteiger partial charge in [-0.2, -0.15) is 13.2 Å². The van der Waals surface area contributed by atoms with E-state index in [0.29, 0.717) is 19.6 Å². The zero-order valence-electron chi connectivity index (χ0n) is 11.5. The third-order valence-corrected chi connectivity index (χ3v) is 4.05. The molecule has 1 unspecified atom stereocenters. The van der Waals surface area contributed by atoms with E-state index in [4.69, 9.17) is 0 Å². The molecule has 20 heavy (non-hydrogen) atoms. The minimum absolute atomic E-state index is 0.0563. The summed E-state index contributed by atoms with van der Waals surface area (Å²) in [6.07, 6.45) is -1.72. The van der Waals surface area contributed by atoms with Gasteiger partial charge in [-0.1, -0.05) is 0 Å². The first kappa shape index (κ1) is 15.6. The van der Waals surface area contributed by atoms with Crippen LogP contribution in [0, 0.1) is 11.8 Å². The highest BCUT2D eigenvalue weighted by atomic mass is 19.4. The van der Waals surface area contributed by atoms with Crippen molar-refractivity contribution in [2.75, 3.05) is 39.3 Å². The van der Waals surface area contributed by atoms with E-state index in [-0.39, 0.29) is 17.7 Å². The lowest BCUT2D eigenvalue weighted by Gasteiger charge is -2.23. The minimum Gasteiger partial charge on any atom is -0.356 e. The lowest BCUT2D eigenvalue weighted by molar-refractivity contribution is -0.143. The Bertz CT molecular complexity index is 329. The Morgan fingerprint density at radius 1 is 1.25 bits per heavy atom. The Morgan fingerprint density at radius 3 is 2.60 bits per heavy atom. The molecule has 7 heteroatoms. The first-order valence-electron chi connectivity index (χ1n) is 7.21. The highest BCUT2D eigenvalue weighted by molar-refractivity contribution is 5.78. The Balaban J connectivity index is 1.66. The fourth-order valence-electron chi connectivity index (χ4n) is 2.95. The molecule has 0 spiro atoms. The van der Waals surface area contributed by atoms with E-state index in [1.54, 1.807) is 0 Å². The van der Waals surface area contributed by atoms with E-state index in [1.165, 1.54) is 4.90 Å². The average Bonchev–Trinajstić information content (AvgIpc) is 2.82. The van der Waals surface area contributed by atoms with Crippen LogP contribution in [0.15, 0.2) is 0 Å². The third-order valence-electron chi connectivity index (χ3n) is 4.05. The Morgan fingerprint density at radius 2 is 1.95 bits per heavy atom. The fraction of sp³-hybridized carbons (Fsp3) is 0.923. The summed E-state index contributed by atoms with van der Waals surface area (Å²) in [5.74, 6) is 0.257. The van der Waals surface area contributed by atoms with Gasteiger partial charge in [-0.3, -0.25) is 9.69 Å². The number of carbonyl (C=O) groups is 1. The van der Waals surface area contributed by atoms with Crippen LogP contribution in [0.5, 0.6) is 0 Å². The molecule has 0 saturated carbocycles. The molecule has 0 aromatic heterocycles. The number of rotatable bonds is 4. The van der Waals surface area contributed by atoms with Gasteiger partial charge < -0.3 is 10.6 Å². The second kappa shape index (κ2) is 6.76. The lowest BCUT2D eigenvalue weighted by Crippen LogP contribution is -2.40. The summed E-state index contributed by atoms with van der Waals surface area (Å²) < 4.78 is 36.8. The van der Waals surface area contributed by atoms with Crippen molar-refractivity contribution in [3.05, 3.63) is 0 Å². The molecule has 0 aromatic carbocycles. The van der Waals surface area contributed by atoms with Crippen molar-refractivity contribution in [3.8, 4) is 0 Å². The van der Waals surface area contributed by atoms with Crippen LogP contribution in [0.2, 0.25) is 0 Å². The molecule has 2 saturated heterocycles. The van der Waals surface area contributed by atoms with Crippen LogP contribution >= 0.6 is 0 Å². The molecular formula is C13H22F3N3O. The van der Waals surface area contributed by atoms with Crippen LogP contribution in [-0.2, 0) is 4.79 Å². The highest BCUT2D eigenvalue weighted by Gasteiger charge is 2.34. The van der Waals surface area contributed by atoms with Gasteiger partial charge in [-0.15, -0.1) is 0 Å². The molecule has 2 heterocycles. The van der Waals surface area contributed by atoms with E-state index in [9.17, 15) is 18.0 Å². The van der Waals surface area contributed by atoms with Crippen molar-refractivity contribution < 1.29 is 18.0 Å². The highest BCUT2D eigenvalue weighted by Crippen LogP contribution is 2.22. The second-order valence-electron chi connectivity index (χ2n) is 5.77. The van der Waals surface area contributed by atoms with Crippen molar-refractivity contribution in [1.29, 1.82) is 0 Å². The van der Waals surface area contributed by atoms with Gasteiger partial charge in [-0.05, 0) is 44.8 Å². The van der Waals surface area contributed by atoms with E-state index >= 15 is 0 Å². The van der Waals surface area contributed by atoms with Crippen LogP contribution in [0.3, 0.4) is 0 Å². The van der Waals surface area contributed by atoms with Gasteiger partial charge in [0, 0.05) is 19.0 Å². The van der Waals surface area contributed by atoms with Gasteiger partial charge in [0.05, 0.1) is 6.54 Å². The number of hydrogen-bond donors (Lipinski definition) is 2. The summed E-state index contributed by atoms with van der Waals surface area (Å²) in [7, 11) is 0. The van der Waals surface area contributed by atoms with Crippen LogP contribution in [-0.4, -0.2) is 56.3 Å². The molecule has 2 fully saturated rings. The summed E-state index contributed by atoms with van der Waals surface area (Å²) in [5.41, 5.74) is 0. The van der Waals surface area contributed by atoms with Gasteiger partial charge >= 0.3 is 6.18 Å². The normalized spacial score (nSPS) is 25.9. The molecule has 2 aliphatic heterocycles. The Hall–Kier alpha value is -0.820. The number of halogens is 3. The van der Waals surface area contributed by atoms with Crippen LogP contribution in [0.4, 0.5) is 13.2 Å². The molecule has 2 rings (SSSR count). The minimum atomic E-state index is -4.13. The van der Waals surface area contributed by atoms with Crippen LogP contribution in [0.1, 0.15) is 19.3 Å². The average molecular weight is 293 g/mol. The number of carbonyl (C=O) groups excluding carboxylic acids is 1. The summed E-state index contributed by atoms with van der Waals surface area (Å²) in [5, 5.41) is 6.10. The van der Waals surface area contributed by atoms with Gasteiger partial charge in [0.1, 0.15) is 0 Å². The molecule has 2 N–H and O–H groups in total. The summed E-state index contributed by atoms with van der Waals surface area (Å²) in [4.78, 5) is 13.4. The quantitative estimate of drug-likeness (QED) is 0.812. The fourth-order valence-corrected chi connectivity index (χ4v) is 2.95.